The van der Waals surface area contributed by atoms with Gasteiger partial charge in [0.25, 0.3) is 0 Å². The van der Waals surface area contributed by atoms with Gasteiger partial charge >= 0.3 is 0 Å². The van der Waals surface area contributed by atoms with Gasteiger partial charge in [0.15, 0.2) is 0 Å². The van der Waals surface area contributed by atoms with Crippen LogP contribution in [0.4, 0.5) is 0 Å². The fraction of sp³-hybridized carbons (Fsp3) is 0.450. The summed E-state index contributed by atoms with van der Waals surface area (Å²) in [6.07, 6.45) is -0.379. The van der Waals surface area contributed by atoms with Crippen molar-refractivity contribution in [3.05, 3.63) is 48.0 Å². The zero-order chi connectivity index (χ0) is 16.8. The van der Waals surface area contributed by atoms with E-state index < -0.39 is 17.6 Å². The molecule has 1 heterocycles. The Morgan fingerprint density at radius 3 is 2.43 bits per heavy atom. The van der Waals surface area contributed by atoms with Gasteiger partial charge in [0, 0.05) is 17.5 Å². The Balaban J connectivity index is 2.05. The van der Waals surface area contributed by atoms with E-state index in [4.69, 9.17) is 0 Å². The standard InChI is InChI=1S/C20H25NO2/c1-19(2)12-16(22)17(20(3,4)21-19)18(23)15-11-7-9-13-8-5-6-10-14(13)15/h5-11,17-18,21,23H,12H2,1-4H3. The van der Waals surface area contributed by atoms with E-state index >= 15 is 0 Å². The van der Waals surface area contributed by atoms with Crippen LogP contribution in [0.3, 0.4) is 0 Å². The number of hydrogen-bond acceptors (Lipinski definition) is 3. The Labute approximate surface area is 137 Å². The summed E-state index contributed by atoms with van der Waals surface area (Å²) in [6, 6.07) is 13.9. The molecule has 3 nitrogen and oxygen atoms in total. The third-order valence-electron chi connectivity index (χ3n) is 4.86. The molecule has 0 aliphatic carbocycles. The molecule has 2 unspecified atom stereocenters. The molecule has 2 N–H and O–H groups in total. The number of rotatable bonds is 2. The molecule has 0 bridgehead atoms. The average Bonchev–Trinajstić information content (AvgIpc) is 2.43. The molecule has 1 aliphatic rings. The van der Waals surface area contributed by atoms with Crippen molar-refractivity contribution < 1.29 is 9.90 Å². The summed E-state index contributed by atoms with van der Waals surface area (Å²) in [5, 5.41) is 16.7. The van der Waals surface area contributed by atoms with E-state index in [1.165, 1.54) is 0 Å². The van der Waals surface area contributed by atoms with Crippen LogP contribution in [-0.2, 0) is 4.79 Å². The summed E-state index contributed by atoms with van der Waals surface area (Å²) in [4.78, 5) is 12.8. The van der Waals surface area contributed by atoms with Gasteiger partial charge in [-0.25, -0.2) is 0 Å². The van der Waals surface area contributed by atoms with E-state index in [0.29, 0.717) is 6.42 Å². The highest BCUT2D eigenvalue weighted by Gasteiger charge is 2.48. The van der Waals surface area contributed by atoms with Crippen LogP contribution in [0.15, 0.2) is 42.5 Å². The summed E-state index contributed by atoms with van der Waals surface area (Å²) in [6.45, 7) is 8.08. The summed E-state index contributed by atoms with van der Waals surface area (Å²) >= 11 is 0. The topological polar surface area (TPSA) is 49.3 Å². The van der Waals surface area contributed by atoms with Crippen molar-refractivity contribution in [2.45, 2.75) is 51.3 Å². The van der Waals surface area contributed by atoms with E-state index in [-0.39, 0.29) is 11.3 Å². The average molecular weight is 311 g/mol. The van der Waals surface area contributed by atoms with Crippen LogP contribution in [0.5, 0.6) is 0 Å². The molecule has 2 aromatic rings. The molecule has 3 heteroatoms. The molecular weight excluding hydrogens is 286 g/mol. The molecule has 0 saturated carbocycles. The third kappa shape index (κ3) is 2.91. The summed E-state index contributed by atoms with van der Waals surface area (Å²) in [7, 11) is 0. The second-order valence-corrected chi connectivity index (χ2v) is 7.86. The number of aliphatic hydroxyl groups is 1. The lowest BCUT2D eigenvalue weighted by molar-refractivity contribution is -0.136. The van der Waals surface area contributed by atoms with Crippen LogP contribution in [0.1, 0.15) is 45.8 Å². The summed E-state index contributed by atoms with van der Waals surface area (Å²) in [5.74, 6) is -0.333. The number of ketones is 1. The SMILES string of the molecule is CC1(C)CC(=O)C(C(O)c2cccc3ccccc23)C(C)(C)N1. The number of piperidine rings is 1. The monoisotopic (exact) mass is 311 g/mol. The number of carbonyl (C=O) groups is 1. The minimum absolute atomic E-state index is 0.124. The van der Waals surface area contributed by atoms with Gasteiger partial charge in [0.05, 0.1) is 12.0 Å². The van der Waals surface area contributed by atoms with E-state index in [1.54, 1.807) is 0 Å². The van der Waals surface area contributed by atoms with E-state index in [0.717, 1.165) is 16.3 Å². The molecule has 0 amide bonds. The normalized spacial score (nSPS) is 24.6. The van der Waals surface area contributed by atoms with Crippen molar-refractivity contribution in [1.29, 1.82) is 0 Å². The Bertz CT molecular complexity index is 743. The van der Waals surface area contributed by atoms with Gasteiger partial charge in [-0.05, 0) is 44.0 Å². The summed E-state index contributed by atoms with van der Waals surface area (Å²) < 4.78 is 0. The molecule has 0 radical (unpaired) electrons. The maximum Gasteiger partial charge on any atom is 0.142 e. The highest BCUT2D eigenvalue weighted by atomic mass is 16.3. The molecule has 2 atom stereocenters. The van der Waals surface area contributed by atoms with Crippen LogP contribution in [-0.4, -0.2) is 22.0 Å². The molecule has 0 aromatic heterocycles. The van der Waals surface area contributed by atoms with E-state index in [9.17, 15) is 9.90 Å². The molecule has 1 saturated heterocycles. The first-order valence-electron chi connectivity index (χ1n) is 8.19. The van der Waals surface area contributed by atoms with Crippen LogP contribution in [0.25, 0.3) is 10.8 Å². The maximum absolute atomic E-state index is 12.8. The van der Waals surface area contributed by atoms with Gasteiger partial charge in [-0.1, -0.05) is 42.5 Å². The highest BCUT2D eigenvalue weighted by Crippen LogP contribution is 2.40. The van der Waals surface area contributed by atoms with Crippen LogP contribution in [0.2, 0.25) is 0 Å². The molecule has 122 valence electrons. The van der Waals surface area contributed by atoms with Gasteiger partial charge in [0.2, 0.25) is 0 Å². The fourth-order valence-electron chi connectivity index (χ4n) is 4.20. The first-order valence-corrected chi connectivity index (χ1v) is 8.19. The zero-order valence-corrected chi connectivity index (χ0v) is 14.3. The predicted octanol–water partition coefficient (Wildman–Crippen LogP) is 3.61. The van der Waals surface area contributed by atoms with Gasteiger partial charge in [-0.3, -0.25) is 4.79 Å². The lowest BCUT2D eigenvalue weighted by atomic mass is 9.69. The van der Waals surface area contributed by atoms with Crippen molar-refractivity contribution in [1.82, 2.24) is 5.32 Å². The molecule has 1 fully saturated rings. The number of carbonyl (C=O) groups excluding carboxylic acids is 1. The van der Waals surface area contributed by atoms with Gasteiger partial charge in [-0.2, -0.15) is 0 Å². The maximum atomic E-state index is 12.8. The fourth-order valence-corrected chi connectivity index (χ4v) is 4.20. The first kappa shape index (κ1) is 16.2. The van der Waals surface area contributed by atoms with Crippen LogP contribution >= 0.6 is 0 Å². The zero-order valence-electron chi connectivity index (χ0n) is 14.3. The third-order valence-corrected chi connectivity index (χ3v) is 4.86. The van der Waals surface area contributed by atoms with Gasteiger partial charge < -0.3 is 10.4 Å². The molecule has 2 aromatic carbocycles. The Morgan fingerprint density at radius 1 is 1.09 bits per heavy atom. The Kier molecular flexibility index (Phi) is 3.81. The van der Waals surface area contributed by atoms with Crippen molar-refractivity contribution in [3.8, 4) is 0 Å². The lowest BCUT2D eigenvalue weighted by Crippen LogP contribution is -2.64. The molecule has 3 rings (SSSR count). The van der Waals surface area contributed by atoms with Gasteiger partial charge in [-0.15, -0.1) is 0 Å². The smallest absolute Gasteiger partial charge is 0.142 e. The summed E-state index contributed by atoms with van der Waals surface area (Å²) in [5.41, 5.74) is 0.126. The highest BCUT2D eigenvalue weighted by molar-refractivity contribution is 5.89. The van der Waals surface area contributed by atoms with E-state index in [2.05, 4.69) is 5.32 Å². The number of hydrogen-bond donors (Lipinski definition) is 2. The van der Waals surface area contributed by atoms with Crippen molar-refractivity contribution in [2.24, 2.45) is 5.92 Å². The van der Waals surface area contributed by atoms with Crippen molar-refractivity contribution in [2.75, 3.05) is 0 Å². The second-order valence-electron chi connectivity index (χ2n) is 7.86. The number of Topliss-reactive ketones (excluding diaryl/α,β-unsaturated/α-hetero) is 1. The lowest BCUT2D eigenvalue weighted by Gasteiger charge is -2.48. The molecule has 23 heavy (non-hydrogen) atoms. The number of nitrogens with one attached hydrogen (secondary N) is 1. The number of benzene rings is 2. The molecule has 0 spiro atoms. The molecule has 1 aliphatic heterocycles. The van der Waals surface area contributed by atoms with E-state index in [1.807, 2.05) is 70.2 Å². The molecular formula is C20H25NO2. The Morgan fingerprint density at radius 2 is 1.74 bits per heavy atom. The van der Waals surface area contributed by atoms with Crippen LogP contribution in [0, 0.1) is 5.92 Å². The quantitative estimate of drug-likeness (QED) is 0.891. The van der Waals surface area contributed by atoms with Crippen molar-refractivity contribution >= 4 is 16.6 Å². The van der Waals surface area contributed by atoms with Crippen molar-refractivity contribution in [3.63, 3.8) is 0 Å². The largest absolute Gasteiger partial charge is 0.388 e. The second kappa shape index (κ2) is 5.43. The Hall–Kier alpha value is -1.71. The van der Waals surface area contributed by atoms with Crippen LogP contribution < -0.4 is 5.32 Å². The predicted molar refractivity (Wildman–Crippen MR) is 93.3 cm³/mol. The number of aliphatic hydroxyl groups excluding tert-OH is 1. The number of fused-ring (bicyclic) bond motifs is 1. The van der Waals surface area contributed by atoms with Gasteiger partial charge in [0.1, 0.15) is 5.78 Å². The minimum atomic E-state index is -0.813. The minimum Gasteiger partial charge on any atom is -0.388 e. The first-order chi connectivity index (χ1) is 10.7.